The van der Waals surface area contributed by atoms with E-state index in [-0.39, 0.29) is 0 Å². The Hall–Kier alpha value is -5.02. The summed E-state index contributed by atoms with van der Waals surface area (Å²) in [6.07, 6.45) is 9.75. The van der Waals surface area contributed by atoms with Gasteiger partial charge in [-0.2, -0.15) is 0 Å². The van der Waals surface area contributed by atoms with Crippen LogP contribution < -0.4 is 4.90 Å². The first-order valence-corrected chi connectivity index (χ1v) is 14.8. The van der Waals surface area contributed by atoms with Crippen LogP contribution in [0.1, 0.15) is 43.4 Å². The molecule has 4 aromatic rings. The topological polar surface area (TPSA) is 29.0 Å². The van der Waals surface area contributed by atoms with E-state index in [9.17, 15) is 0 Å². The third-order valence-corrected chi connectivity index (χ3v) is 8.32. The van der Waals surface area contributed by atoms with Gasteiger partial charge in [-0.25, -0.2) is 9.97 Å². The number of aryl methyl sites for hydroxylation is 1. The van der Waals surface area contributed by atoms with Gasteiger partial charge in [-0.15, -0.1) is 0 Å². The third kappa shape index (κ3) is 5.23. The van der Waals surface area contributed by atoms with Gasteiger partial charge in [0.2, 0.25) is 5.95 Å². The Morgan fingerprint density at radius 2 is 1.37 bits per heavy atom. The molecule has 0 amide bonds. The van der Waals surface area contributed by atoms with Crippen LogP contribution in [0.15, 0.2) is 140 Å². The first kappa shape index (κ1) is 29.5. The van der Waals surface area contributed by atoms with Crippen molar-refractivity contribution in [2.45, 2.75) is 33.6 Å². The van der Waals surface area contributed by atoms with Gasteiger partial charge in [0.1, 0.15) is 0 Å². The fourth-order valence-electron chi connectivity index (χ4n) is 6.16. The molecule has 0 fully saturated rings. The molecule has 3 heteroatoms. The van der Waals surface area contributed by atoms with Gasteiger partial charge in [-0.05, 0) is 88.6 Å². The minimum Gasteiger partial charge on any atom is -0.313 e. The monoisotopic (exact) mass is 561 g/mol. The Morgan fingerprint density at radius 1 is 0.721 bits per heavy atom. The molecule has 0 saturated heterocycles. The van der Waals surface area contributed by atoms with Gasteiger partial charge in [0.25, 0.3) is 0 Å². The predicted molar refractivity (Wildman–Crippen MR) is 186 cm³/mol. The van der Waals surface area contributed by atoms with Crippen molar-refractivity contribution in [2.24, 2.45) is 0 Å². The van der Waals surface area contributed by atoms with Crippen molar-refractivity contribution >= 4 is 33.7 Å². The van der Waals surface area contributed by atoms with Crippen LogP contribution in [-0.2, 0) is 0 Å². The summed E-state index contributed by atoms with van der Waals surface area (Å²) in [5, 5.41) is 0.997. The SMILES string of the molecule is C=CC1=C(C=C)c2ccc(-c3nc(N(C)c4ccccc4C)nc4ccccc34)cc2/C(C=C)=C(\C=C)C(CCC)=C1C. The molecular formula is C40H39N3. The van der Waals surface area contributed by atoms with Gasteiger partial charge in [-0.1, -0.05) is 112 Å². The molecular weight excluding hydrogens is 522 g/mol. The summed E-state index contributed by atoms with van der Waals surface area (Å²) in [6.45, 7) is 23.4. The van der Waals surface area contributed by atoms with E-state index >= 15 is 0 Å². The van der Waals surface area contributed by atoms with Crippen LogP contribution in [0.4, 0.5) is 11.6 Å². The Balaban J connectivity index is 1.83. The van der Waals surface area contributed by atoms with E-state index in [4.69, 9.17) is 9.97 Å². The number of hydrogen-bond donors (Lipinski definition) is 0. The molecule has 0 spiro atoms. The van der Waals surface area contributed by atoms with Crippen LogP contribution in [0.5, 0.6) is 0 Å². The third-order valence-electron chi connectivity index (χ3n) is 8.32. The number of fused-ring (bicyclic) bond motifs is 2. The Labute approximate surface area is 256 Å². The first-order valence-electron chi connectivity index (χ1n) is 14.8. The molecule has 0 unspecified atom stereocenters. The Kier molecular flexibility index (Phi) is 8.54. The highest BCUT2D eigenvalue weighted by Crippen LogP contribution is 2.43. The van der Waals surface area contributed by atoms with Crippen LogP contribution >= 0.6 is 0 Å². The van der Waals surface area contributed by atoms with Gasteiger partial charge in [0.15, 0.2) is 0 Å². The van der Waals surface area contributed by atoms with Gasteiger partial charge < -0.3 is 4.90 Å². The van der Waals surface area contributed by atoms with E-state index < -0.39 is 0 Å². The minimum absolute atomic E-state index is 0.644. The van der Waals surface area contributed by atoms with E-state index in [1.807, 2.05) is 61.7 Å². The largest absolute Gasteiger partial charge is 0.313 e. The van der Waals surface area contributed by atoms with Crippen LogP contribution in [0, 0.1) is 6.92 Å². The number of aromatic nitrogens is 2. The number of nitrogens with zero attached hydrogens (tertiary/aromatic N) is 3. The van der Waals surface area contributed by atoms with Crippen molar-refractivity contribution < 1.29 is 0 Å². The van der Waals surface area contributed by atoms with Gasteiger partial charge in [0, 0.05) is 23.7 Å². The van der Waals surface area contributed by atoms with Gasteiger partial charge >= 0.3 is 0 Å². The molecule has 0 radical (unpaired) electrons. The molecule has 0 saturated carbocycles. The molecule has 3 aromatic carbocycles. The second-order valence-corrected chi connectivity index (χ2v) is 10.8. The van der Waals surface area contributed by atoms with E-state index in [0.717, 1.165) is 79.7 Å². The van der Waals surface area contributed by atoms with Gasteiger partial charge in [0.05, 0.1) is 11.2 Å². The smallest absolute Gasteiger partial charge is 0.230 e. The molecule has 5 rings (SSSR count). The second-order valence-electron chi connectivity index (χ2n) is 10.8. The van der Waals surface area contributed by atoms with Crippen molar-refractivity contribution in [2.75, 3.05) is 11.9 Å². The number of rotatable bonds is 9. The van der Waals surface area contributed by atoms with E-state index in [2.05, 4.69) is 88.4 Å². The van der Waals surface area contributed by atoms with Crippen molar-refractivity contribution in [3.05, 3.63) is 156 Å². The Morgan fingerprint density at radius 3 is 2.05 bits per heavy atom. The summed E-state index contributed by atoms with van der Waals surface area (Å²) < 4.78 is 0. The predicted octanol–water partition coefficient (Wildman–Crippen LogP) is 10.8. The molecule has 1 heterocycles. The van der Waals surface area contributed by atoms with Crippen molar-refractivity contribution in [1.29, 1.82) is 0 Å². The lowest BCUT2D eigenvalue weighted by Crippen LogP contribution is -2.15. The molecule has 0 atom stereocenters. The molecule has 3 nitrogen and oxygen atoms in total. The molecule has 0 N–H and O–H groups in total. The number of benzene rings is 3. The Bertz CT molecular complexity index is 1880. The zero-order valence-electron chi connectivity index (χ0n) is 25.7. The van der Waals surface area contributed by atoms with E-state index in [0.29, 0.717) is 5.95 Å². The average molecular weight is 562 g/mol. The fourth-order valence-corrected chi connectivity index (χ4v) is 6.16. The standard InChI is InChI=1S/C40H39N3/c1-9-18-33-27(7)29(10-2)30(11-3)34-24-23-28(25-36(34)32(13-5)31(33)12-4)39-35-20-15-16-21-37(35)41-40(42-39)43(8)38-22-17-14-19-26(38)6/h10-17,19-25H,2-5,9,18H2,1,6-8H3/b29-27?,30-29?,32-31+,33-27?,33-31?,34-30?,36-32?. The van der Waals surface area contributed by atoms with Crippen LogP contribution in [0.3, 0.4) is 0 Å². The molecule has 0 aliphatic heterocycles. The van der Waals surface area contributed by atoms with Crippen molar-refractivity contribution in [3.8, 4) is 11.3 Å². The second kappa shape index (κ2) is 12.5. The highest BCUT2D eigenvalue weighted by molar-refractivity contribution is 5.98. The summed E-state index contributed by atoms with van der Waals surface area (Å²) in [7, 11) is 2.02. The lowest BCUT2D eigenvalue weighted by atomic mass is 9.79. The summed E-state index contributed by atoms with van der Waals surface area (Å²) in [6, 6.07) is 23.1. The number of allylic oxidation sites excluding steroid dienone is 10. The summed E-state index contributed by atoms with van der Waals surface area (Å²) >= 11 is 0. The molecule has 214 valence electrons. The average Bonchev–Trinajstić information content (AvgIpc) is 3.03. The normalized spacial score (nSPS) is 15.1. The maximum Gasteiger partial charge on any atom is 0.230 e. The highest BCUT2D eigenvalue weighted by atomic mass is 15.2. The highest BCUT2D eigenvalue weighted by Gasteiger charge is 2.23. The number of hydrogen-bond acceptors (Lipinski definition) is 3. The number of anilines is 2. The maximum atomic E-state index is 5.19. The van der Waals surface area contributed by atoms with Crippen LogP contribution in [0.25, 0.3) is 33.3 Å². The summed E-state index contributed by atoms with van der Waals surface area (Å²) in [5.41, 5.74) is 13.9. The first-order chi connectivity index (χ1) is 20.9. The molecule has 1 aliphatic rings. The lowest BCUT2D eigenvalue weighted by Gasteiger charge is -2.25. The number of para-hydroxylation sites is 2. The molecule has 0 bridgehead atoms. The molecule has 1 aromatic heterocycles. The minimum atomic E-state index is 0.644. The van der Waals surface area contributed by atoms with E-state index in [1.165, 1.54) is 11.1 Å². The maximum absolute atomic E-state index is 5.19. The van der Waals surface area contributed by atoms with E-state index in [1.54, 1.807) is 0 Å². The lowest BCUT2D eigenvalue weighted by molar-refractivity contribution is 0.907. The zero-order chi connectivity index (χ0) is 30.7. The summed E-state index contributed by atoms with van der Waals surface area (Å²) in [4.78, 5) is 12.2. The summed E-state index contributed by atoms with van der Waals surface area (Å²) in [5.74, 6) is 0.644. The van der Waals surface area contributed by atoms with Crippen LogP contribution in [0.2, 0.25) is 0 Å². The molecule has 43 heavy (non-hydrogen) atoms. The van der Waals surface area contributed by atoms with Crippen molar-refractivity contribution in [1.82, 2.24) is 9.97 Å². The zero-order valence-corrected chi connectivity index (χ0v) is 25.7. The van der Waals surface area contributed by atoms with Crippen molar-refractivity contribution in [3.63, 3.8) is 0 Å². The fraction of sp³-hybridized carbons (Fsp3) is 0.150. The molecule has 1 aliphatic carbocycles. The van der Waals surface area contributed by atoms with Crippen LogP contribution in [-0.4, -0.2) is 17.0 Å². The quantitative estimate of drug-likeness (QED) is 0.203. The van der Waals surface area contributed by atoms with Gasteiger partial charge in [-0.3, -0.25) is 0 Å².